The highest BCUT2D eigenvalue weighted by Crippen LogP contribution is 2.41. The lowest BCUT2D eigenvalue weighted by molar-refractivity contribution is 0.399. The lowest BCUT2D eigenvalue weighted by atomic mass is 11.0. The smallest absolute Gasteiger partial charge is 0.120 e. The molecular formula is C13H43Cl4NO4P4. The Morgan fingerprint density at radius 1 is 0.731 bits per heavy atom. The fraction of sp³-hybridized carbons (Fsp3) is 1.00. The SMILES string of the molecule is C.C.CCP(C)OC.CN.CO.COP(C)Cl.COP(C)Cl.CP(Cl)Cl. The molecule has 0 spiro atoms. The maximum absolute atomic E-state index is 7.00. The van der Waals surface area contributed by atoms with Crippen LogP contribution in [0.25, 0.3) is 0 Å². The summed E-state index contributed by atoms with van der Waals surface area (Å²) in [5.74, 6) is 0. The average molecular weight is 543 g/mol. The molecule has 3 unspecified atom stereocenters. The van der Waals surface area contributed by atoms with E-state index in [0.717, 1.165) is 7.11 Å². The predicted molar refractivity (Wildman–Crippen MR) is 138 cm³/mol. The van der Waals surface area contributed by atoms with Crippen molar-refractivity contribution >= 4 is 74.7 Å². The summed E-state index contributed by atoms with van der Waals surface area (Å²) in [6.45, 7) is 9.00. The maximum Gasteiger partial charge on any atom is 0.120 e. The van der Waals surface area contributed by atoms with Gasteiger partial charge in [-0.25, -0.2) is 0 Å². The van der Waals surface area contributed by atoms with Crippen molar-refractivity contribution in [3.63, 3.8) is 0 Å². The fourth-order valence-electron chi connectivity index (χ4n) is 0.129. The van der Waals surface area contributed by atoms with Crippen LogP contribution in [-0.2, 0) is 13.6 Å². The molecule has 0 aliphatic heterocycles. The number of halogens is 4. The van der Waals surface area contributed by atoms with Gasteiger partial charge in [-0.2, -0.15) is 0 Å². The van der Waals surface area contributed by atoms with Gasteiger partial charge >= 0.3 is 0 Å². The molecule has 172 valence electrons. The van der Waals surface area contributed by atoms with Crippen molar-refractivity contribution in [1.82, 2.24) is 0 Å². The van der Waals surface area contributed by atoms with Crippen LogP contribution in [0.2, 0.25) is 0 Å². The van der Waals surface area contributed by atoms with E-state index in [1.165, 1.54) is 13.2 Å². The topological polar surface area (TPSA) is 73.9 Å². The van der Waals surface area contributed by atoms with Crippen LogP contribution in [0.5, 0.6) is 0 Å². The van der Waals surface area contributed by atoms with Gasteiger partial charge in [0.15, 0.2) is 0 Å². The summed E-state index contributed by atoms with van der Waals surface area (Å²) in [5, 5.41) is 7.00. The largest absolute Gasteiger partial charge is 0.400 e. The molecule has 13 heteroatoms. The van der Waals surface area contributed by atoms with Gasteiger partial charge in [0, 0.05) is 36.6 Å². The molecule has 0 aliphatic carbocycles. The molecule has 26 heavy (non-hydrogen) atoms. The van der Waals surface area contributed by atoms with Crippen molar-refractivity contribution in [2.45, 2.75) is 21.8 Å². The normalized spacial score (nSPS) is 11.0. The first-order chi connectivity index (χ1) is 11.1. The van der Waals surface area contributed by atoms with Crippen molar-refractivity contribution in [2.24, 2.45) is 5.73 Å². The first kappa shape index (κ1) is 51.4. The summed E-state index contributed by atoms with van der Waals surface area (Å²) < 4.78 is 14.1. The second-order valence-corrected chi connectivity index (χ2v) is 14.6. The minimum Gasteiger partial charge on any atom is -0.400 e. The van der Waals surface area contributed by atoms with Crippen LogP contribution >= 0.6 is 74.7 Å². The number of hydrogen-bond donors (Lipinski definition) is 2. The third-order valence-corrected chi connectivity index (χ3v) is 4.61. The van der Waals surface area contributed by atoms with Crippen LogP contribution in [0.1, 0.15) is 21.8 Å². The van der Waals surface area contributed by atoms with Crippen molar-refractivity contribution in [2.75, 3.05) is 68.3 Å². The summed E-state index contributed by atoms with van der Waals surface area (Å²) in [6.07, 6.45) is 1.17. The zero-order valence-electron chi connectivity index (χ0n) is 16.3. The van der Waals surface area contributed by atoms with E-state index in [0.29, 0.717) is 0 Å². The third kappa shape index (κ3) is 154. The third-order valence-electron chi connectivity index (χ3n) is 1.26. The van der Waals surface area contributed by atoms with Crippen molar-refractivity contribution in [3.05, 3.63) is 0 Å². The number of rotatable bonds is 4. The van der Waals surface area contributed by atoms with Crippen LogP contribution in [-0.4, -0.2) is 73.4 Å². The van der Waals surface area contributed by atoms with Gasteiger partial charge in [-0.1, -0.05) is 66.7 Å². The molecule has 0 heterocycles. The van der Waals surface area contributed by atoms with Gasteiger partial charge in [0.1, 0.15) is 15.0 Å². The summed E-state index contributed by atoms with van der Waals surface area (Å²) >= 11 is 20.8. The molecular weight excluding hydrogens is 500 g/mol. The van der Waals surface area contributed by atoms with Crippen molar-refractivity contribution in [3.8, 4) is 0 Å². The van der Waals surface area contributed by atoms with E-state index in [2.05, 4.69) is 28.4 Å². The van der Waals surface area contributed by atoms with E-state index in [1.807, 2.05) is 13.3 Å². The molecule has 0 rings (SSSR count). The summed E-state index contributed by atoms with van der Waals surface area (Å²) in [7, 11) is 6.12. The van der Waals surface area contributed by atoms with Crippen LogP contribution in [0.3, 0.4) is 0 Å². The zero-order valence-corrected chi connectivity index (χ0v) is 22.9. The van der Waals surface area contributed by atoms with E-state index in [1.54, 1.807) is 28.0 Å². The lowest BCUT2D eigenvalue weighted by Crippen LogP contribution is -1.74. The highest BCUT2D eigenvalue weighted by Gasteiger charge is 1.88. The van der Waals surface area contributed by atoms with Crippen LogP contribution in [0.4, 0.5) is 0 Å². The van der Waals surface area contributed by atoms with E-state index < -0.39 is 21.6 Å². The van der Waals surface area contributed by atoms with Crippen LogP contribution < -0.4 is 5.73 Å². The summed E-state index contributed by atoms with van der Waals surface area (Å²) in [5.41, 5.74) is 4.50. The molecule has 0 saturated heterocycles. The molecule has 5 nitrogen and oxygen atoms in total. The first-order valence-corrected chi connectivity index (χ1v) is 17.0. The van der Waals surface area contributed by atoms with E-state index in [9.17, 15) is 0 Å². The van der Waals surface area contributed by atoms with Gasteiger partial charge in [-0.05, 0) is 39.9 Å². The molecule has 0 saturated carbocycles. The highest BCUT2D eigenvalue weighted by atomic mass is 35.9. The molecule has 0 aliphatic rings. The first-order valence-electron chi connectivity index (χ1n) is 6.29. The molecule has 3 N–H and O–H groups in total. The Balaban J connectivity index is -0.0000000255. The van der Waals surface area contributed by atoms with Crippen LogP contribution in [0.15, 0.2) is 0 Å². The Morgan fingerprint density at radius 3 is 0.885 bits per heavy atom. The van der Waals surface area contributed by atoms with E-state index >= 15 is 0 Å². The molecule has 0 aromatic heterocycles. The van der Waals surface area contributed by atoms with Crippen molar-refractivity contribution in [1.29, 1.82) is 0 Å². The van der Waals surface area contributed by atoms with Gasteiger partial charge in [-0.15, -0.1) is 0 Å². The maximum atomic E-state index is 7.00. The number of nitrogens with two attached hydrogens (primary N) is 1. The van der Waals surface area contributed by atoms with Gasteiger partial charge in [-0.3, -0.25) is 0 Å². The monoisotopic (exact) mass is 541 g/mol. The number of aliphatic hydroxyl groups is 1. The average Bonchev–Trinajstić information content (AvgIpc) is 2.58. The zero-order chi connectivity index (χ0) is 21.1. The minimum absolute atomic E-state index is 0. The molecule has 0 aromatic carbocycles. The Morgan fingerprint density at radius 2 is 0.885 bits per heavy atom. The Hall–Kier alpha value is 2.68. The number of hydrogen-bond acceptors (Lipinski definition) is 5. The van der Waals surface area contributed by atoms with E-state index in [4.69, 9.17) is 54.6 Å². The standard InChI is InChI=1S/C4H11OP.2C2H6ClOP.CH3Cl2P.CH5N.CH4O.2CH4/c1-4-6(3)5-2;2*1-4-5(2)3;1-4(2)3;2*1-2;;/h4H2,1-3H3;2*1-2H3;1H3;2H2,1H3;2H,1H3;2*1H4. The second-order valence-electron chi connectivity index (χ2n) is 2.74. The molecule has 0 fully saturated rings. The molecule has 0 radical (unpaired) electrons. The molecule has 3 atom stereocenters. The van der Waals surface area contributed by atoms with Crippen molar-refractivity contribution < 1.29 is 18.7 Å². The quantitative estimate of drug-likeness (QED) is 0.350. The summed E-state index contributed by atoms with van der Waals surface area (Å²) in [6, 6.07) is 0. The molecule has 0 amide bonds. The van der Waals surface area contributed by atoms with Gasteiger partial charge in [0.05, 0.1) is 6.63 Å². The highest BCUT2D eigenvalue weighted by molar-refractivity contribution is 8.03. The van der Waals surface area contributed by atoms with Gasteiger partial charge in [0.2, 0.25) is 0 Å². The Kier molecular flexibility index (Phi) is 112. The summed E-state index contributed by atoms with van der Waals surface area (Å²) in [4.78, 5) is 0. The molecule has 0 aromatic rings. The Bertz CT molecular complexity index is 157. The van der Waals surface area contributed by atoms with Gasteiger partial charge in [0.25, 0.3) is 0 Å². The minimum atomic E-state index is -0.676. The molecule has 0 bridgehead atoms. The number of aliphatic hydroxyl groups excluding tert-OH is 1. The van der Waals surface area contributed by atoms with Crippen LogP contribution in [0, 0.1) is 0 Å². The Labute approximate surface area is 188 Å². The fourth-order valence-corrected chi connectivity index (χ4v) is 0.387. The van der Waals surface area contributed by atoms with Gasteiger partial charge < -0.3 is 24.4 Å². The second kappa shape index (κ2) is 56.5. The van der Waals surface area contributed by atoms with E-state index in [-0.39, 0.29) is 23.0 Å². The lowest BCUT2D eigenvalue weighted by Gasteiger charge is -2.01. The predicted octanol–water partition coefficient (Wildman–Crippen LogP) is 8.17.